The van der Waals surface area contributed by atoms with Crippen molar-refractivity contribution >= 4 is 21.6 Å². The number of carbonyl (C=O) groups excluding carboxylic acids is 1. The summed E-state index contributed by atoms with van der Waals surface area (Å²) >= 11 is 0. The molecule has 2 aliphatic rings. The number of amides is 1. The van der Waals surface area contributed by atoms with Crippen molar-refractivity contribution in [1.29, 1.82) is 0 Å². The van der Waals surface area contributed by atoms with Gasteiger partial charge in [0.25, 0.3) is 0 Å². The summed E-state index contributed by atoms with van der Waals surface area (Å²) in [7, 11) is -3.77. The molecular weight excluding hydrogens is 348 g/mol. The molecule has 3 N–H and O–H groups in total. The summed E-state index contributed by atoms with van der Waals surface area (Å²) in [6.07, 6.45) is 12.1. The largest absolute Gasteiger partial charge is 0.326 e. The van der Waals surface area contributed by atoms with Crippen LogP contribution in [0.3, 0.4) is 0 Å². The van der Waals surface area contributed by atoms with E-state index in [-0.39, 0.29) is 16.7 Å². The standard InChI is InChI=1S/C20H30N2O3S/c21-26(24,25)17-11-7-10-16(14-17)22-20(23)19-13-6-5-12-18(19)15-8-3-1-2-4-9-15/h7,10-11,14-15,18-19H,1-6,8-9,12-13H2,(H,22,23)(H2,21,24,25)/t18-,19+/m0/s1. The van der Waals surface area contributed by atoms with E-state index in [9.17, 15) is 13.2 Å². The van der Waals surface area contributed by atoms with Crippen molar-refractivity contribution < 1.29 is 13.2 Å². The minimum absolute atomic E-state index is 0.0271. The number of anilines is 1. The Morgan fingerprint density at radius 1 is 0.962 bits per heavy atom. The Balaban J connectivity index is 1.72. The van der Waals surface area contributed by atoms with E-state index < -0.39 is 10.0 Å². The second-order valence-corrected chi connectivity index (χ2v) is 9.43. The van der Waals surface area contributed by atoms with Crippen LogP contribution in [0, 0.1) is 17.8 Å². The normalized spacial score (nSPS) is 25.4. The van der Waals surface area contributed by atoms with E-state index in [1.165, 1.54) is 57.1 Å². The molecule has 26 heavy (non-hydrogen) atoms. The molecule has 2 aliphatic carbocycles. The molecule has 0 saturated heterocycles. The average molecular weight is 379 g/mol. The van der Waals surface area contributed by atoms with E-state index in [4.69, 9.17) is 5.14 Å². The quantitative estimate of drug-likeness (QED) is 0.775. The molecule has 2 saturated carbocycles. The number of sulfonamides is 1. The second-order valence-electron chi connectivity index (χ2n) is 7.87. The summed E-state index contributed by atoms with van der Waals surface area (Å²) in [5, 5.41) is 8.14. The molecule has 0 bridgehead atoms. The summed E-state index contributed by atoms with van der Waals surface area (Å²) in [6, 6.07) is 6.21. The first-order chi connectivity index (χ1) is 12.4. The fraction of sp³-hybridized carbons (Fsp3) is 0.650. The first-order valence-corrected chi connectivity index (χ1v) is 11.4. The fourth-order valence-electron chi connectivity index (χ4n) is 4.77. The van der Waals surface area contributed by atoms with Crippen LogP contribution in [0.2, 0.25) is 0 Å². The zero-order valence-corrected chi connectivity index (χ0v) is 16.1. The highest BCUT2D eigenvalue weighted by molar-refractivity contribution is 7.89. The first-order valence-electron chi connectivity index (χ1n) is 9.89. The highest BCUT2D eigenvalue weighted by Gasteiger charge is 2.36. The van der Waals surface area contributed by atoms with E-state index >= 15 is 0 Å². The lowest BCUT2D eigenvalue weighted by Gasteiger charge is -2.36. The molecule has 0 aliphatic heterocycles. The molecule has 6 heteroatoms. The van der Waals surface area contributed by atoms with Gasteiger partial charge in [-0.1, -0.05) is 57.4 Å². The molecule has 1 aromatic rings. The molecule has 144 valence electrons. The molecule has 1 amide bonds. The van der Waals surface area contributed by atoms with Crippen LogP contribution in [0.15, 0.2) is 29.2 Å². The summed E-state index contributed by atoms with van der Waals surface area (Å²) in [5.41, 5.74) is 0.506. The Kier molecular flexibility index (Phi) is 6.35. The Hall–Kier alpha value is -1.40. The Morgan fingerprint density at radius 3 is 2.31 bits per heavy atom. The molecule has 0 spiro atoms. The molecule has 0 radical (unpaired) electrons. The van der Waals surface area contributed by atoms with Gasteiger partial charge in [-0.3, -0.25) is 4.79 Å². The molecule has 5 nitrogen and oxygen atoms in total. The number of benzene rings is 1. The van der Waals surface area contributed by atoms with Gasteiger partial charge in [0.15, 0.2) is 0 Å². The van der Waals surface area contributed by atoms with E-state index in [1.807, 2.05) is 0 Å². The molecular formula is C20H30N2O3S. The van der Waals surface area contributed by atoms with Crippen LogP contribution in [0.1, 0.15) is 64.2 Å². The average Bonchev–Trinajstić information content (AvgIpc) is 2.90. The Bertz CT molecular complexity index is 724. The van der Waals surface area contributed by atoms with E-state index in [1.54, 1.807) is 12.1 Å². The van der Waals surface area contributed by atoms with Gasteiger partial charge < -0.3 is 5.32 Å². The van der Waals surface area contributed by atoms with Crippen LogP contribution in [0.5, 0.6) is 0 Å². The fourth-order valence-corrected chi connectivity index (χ4v) is 5.33. The van der Waals surface area contributed by atoms with Crippen LogP contribution >= 0.6 is 0 Å². The SMILES string of the molecule is NS(=O)(=O)c1cccc(NC(=O)[C@@H]2CCCC[C@H]2C2CCCCCC2)c1. The highest BCUT2D eigenvalue weighted by Crippen LogP contribution is 2.41. The van der Waals surface area contributed by atoms with Crippen molar-refractivity contribution in [2.24, 2.45) is 22.9 Å². The molecule has 0 heterocycles. The predicted octanol–water partition coefficient (Wildman–Crippen LogP) is 4.05. The maximum atomic E-state index is 13.0. The van der Waals surface area contributed by atoms with Gasteiger partial charge >= 0.3 is 0 Å². The van der Waals surface area contributed by atoms with Crippen LogP contribution in [0.4, 0.5) is 5.69 Å². The topological polar surface area (TPSA) is 89.3 Å². The zero-order chi connectivity index (χ0) is 18.6. The van der Waals surface area contributed by atoms with Gasteiger partial charge in [0.1, 0.15) is 0 Å². The second kappa shape index (κ2) is 8.53. The van der Waals surface area contributed by atoms with Crippen LogP contribution in [-0.2, 0) is 14.8 Å². The lowest BCUT2D eigenvalue weighted by atomic mass is 9.70. The molecule has 2 atom stereocenters. The third kappa shape index (κ3) is 4.86. The number of primary sulfonamides is 1. The number of rotatable bonds is 4. The van der Waals surface area contributed by atoms with Gasteiger partial charge in [-0.05, 0) is 42.9 Å². The minimum Gasteiger partial charge on any atom is -0.326 e. The van der Waals surface area contributed by atoms with Crippen molar-refractivity contribution in [3.63, 3.8) is 0 Å². The molecule has 1 aromatic carbocycles. The summed E-state index contributed by atoms with van der Waals surface area (Å²) < 4.78 is 23.1. The van der Waals surface area contributed by atoms with Gasteiger partial charge in [0, 0.05) is 11.6 Å². The smallest absolute Gasteiger partial charge is 0.238 e. The molecule has 0 unspecified atom stereocenters. The van der Waals surface area contributed by atoms with E-state index in [0.29, 0.717) is 17.5 Å². The zero-order valence-electron chi connectivity index (χ0n) is 15.3. The summed E-state index contributed by atoms with van der Waals surface area (Å²) in [4.78, 5) is 13.0. The van der Waals surface area contributed by atoms with Gasteiger partial charge in [-0.2, -0.15) is 0 Å². The van der Waals surface area contributed by atoms with Gasteiger partial charge in [0.2, 0.25) is 15.9 Å². The molecule has 3 rings (SSSR count). The number of carbonyl (C=O) groups is 1. The van der Waals surface area contributed by atoms with Crippen molar-refractivity contribution in [3.05, 3.63) is 24.3 Å². The van der Waals surface area contributed by atoms with Crippen LogP contribution < -0.4 is 10.5 Å². The number of hydrogen-bond donors (Lipinski definition) is 2. The van der Waals surface area contributed by atoms with Gasteiger partial charge in [-0.15, -0.1) is 0 Å². The first kappa shape index (κ1) is 19.4. The number of nitrogens with one attached hydrogen (secondary N) is 1. The Morgan fingerprint density at radius 2 is 1.62 bits per heavy atom. The van der Waals surface area contributed by atoms with Crippen LogP contribution in [-0.4, -0.2) is 14.3 Å². The van der Waals surface area contributed by atoms with Crippen molar-refractivity contribution in [2.75, 3.05) is 5.32 Å². The van der Waals surface area contributed by atoms with E-state index in [2.05, 4.69) is 5.32 Å². The van der Waals surface area contributed by atoms with Crippen LogP contribution in [0.25, 0.3) is 0 Å². The summed E-state index contributed by atoms with van der Waals surface area (Å²) in [5.74, 6) is 1.18. The Labute approximate surface area is 156 Å². The third-order valence-electron chi connectivity index (χ3n) is 6.09. The number of nitrogens with two attached hydrogens (primary N) is 1. The minimum atomic E-state index is -3.77. The van der Waals surface area contributed by atoms with Crippen molar-refractivity contribution in [3.8, 4) is 0 Å². The van der Waals surface area contributed by atoms with E-state index in [0.717, 1.165) is 19.3 Å². The third-order valence-corrected chi connectivity index (χ3v) is 7.00. The monoisotopic (exact) mass is 378 g/mol. The maximum absolute atomic E-state index is 13.0. The van der Waals surface area contributed by atoms with Gasteiger partial charge in [-0.25, -0.2) is 13.6 Å². The molecule has 2 fully saturated rings. The lowest BCUT2D eigenvalue weighted by Crippen LogP contribution is -2.35. The lowest BCUT2D eigenvalue weighted by molar-refractivity contribution is -0.123. The highest BCUT2D eigenvalue weighted by atomic mass is 32.2. The summed E-state index contributed by atoms with van der Waals surface area (Å²) in [6.45, 7) is 0. The maximum Gasteiger partial charge on any atom is 0.238 e. The number of hydrogen-bond acceptors (Lipinski definition) is 3. The van der Waals surface area contributed by atoms with Crippen molar-refractivity contribution in [1.82, 2.24) is 0 Å². The van der Waals surface area contributed by atoms with Crippen molar-refractivity contribution in [2.45, 2.75) is 69.1 Å². The van der Waals surface area contributed by atoms with Gasteiger partial charge in [0.05, 0.1) is 4.90 Å². The molecule has 0 aromatic heterocycles. The predicted molar refractivity (Wildman–Crippen MR) is 103 cm³/mol.